The molecular weight excluding hydrogens is 247 g/mol. The number of benzene rings is 1. The lowest BCUT2D eigenvalue weighted by Crippen LogP contribution is -2.21. The predicted octanol–water partition coefficient (Wildman–Crippen LogP) is 3.76. The van der Waals surface area contributed by atoms with Crippen LogP contribution in [-0.2, 0) is 6.54 Å². The maximum Gasteiger partial charge on any atom is 0.123 e. The summed E-state index contributed by atoms with van der Waals surface area (Å²) >= 11 is 1.69. The van der Waals surface area contributed by atoms with Crippen LogP contribution in [0.4, 0.5) is 4.39 Å². The highest BCUT2D eigenvalue weighted by molar-refractivity contribution is 7.12. The van der Waals surface area contributed by atoms with Gasteiger partial charge in [0.2, 0.25) is 0 Å². The zero-order valence-electron chi connectivity index (χ0n) is 10.8. The molecule has 0 bridgehead atoms. The van der Waals surface area contributed by atoms with Crippen molar-refractivity contribution >= 4 is 11.3 Å². The fraction of sp³-hybridized carbons (Fsp3) is 0.357. The molecule has 0 saturated heterocycles. The SMILES string of the molecule is Cc1sc(CNC(C)C)nc1-c1ccc(F)cc1. The molecule has 1 heterocycles. The van der Waals surface area contributed by atoms with Gasteiger partial charge in [-0.15, -0.1) is 11.3 Å². The Morgan fingerprint density at radius 2 is 1.94 bits per heavy atom. The average molecular weight is 264 g/mol. The lowest BCUT2D eigenvalue weighted by Gasteiger charge is -2.04. The van der Waals surface area contributed by atoms with E-state index in [0.29, 0.717) is 6.04 Å². The molecule has 2 aromatic rings. The third-order valence-corrected chi connectivity index (χ3v) is 3.59. The van der Waals surface area contributed by atoms with Crippen LogP contribution in [0, 0.1) is 12.7 Å². The Balaban J connectivity index is 2.21. The van der Waals surface area contributed by atoms with Gasteiger partial charge in [0, 0.05) is 23.0 Å². The minimum Gasteiger partial charge on any atom is -0.308 e. The summed E-state index contributed by atoms with van der Waals surface area (Å²) in [5, 5.41) is 4.42. The van der Waals surface area contributed by atoms with Gasteiger partial charge in [-0.05, 0) is 31.2 Å². The molecule has 0 aliphatic heterocycles. The molecule has 18 heavy (non-hydrogen) atoms. The van der Waals surface area contributed by atoms with Crippen LogP contribution in [0.2, 0.25) is 0 Å². The minimum atomic E-state index is -0.215. The standard InChI is InChI=1S/C14H17FN2S/c1-9(2)16-8-13-17-14(10(3)18-13)11-4-6-12(15)7-5-11/h4-7,9,16H,8H2,1-3H3. The molecule has 4 heteroatoms. The average Bonchev–Trinajstić information content (AvgIpc) is 2.69. The molecule has 2 nitrogen and oxygen atoms in total. The van der Waals surface area contributed by atoms with E-state index in [1.807, 2.05) is 0 Å². The van der Waals surface area contributed by atoms with E-state index in [2.05, 4.69) is 31.1 Å². The number of nitrogens with one attached hydrogen (secondary N) is 1. The Morgan fingerprint density at radius 1 is 1.28 bits per heavy atom. The Hall–Kier alpha value is -1.26. The van der Waals surface area contributed by atoms with E-state index < -0.39 is 0 Å². The monoisotopic (exact) mass is 264 g/mol. The normalized spacial score (nSPS) is 11.2. The first-order valence-corrected chi connectivity index (χ1v) is 6.83. The van der Waals surface area contributed by atoms with Gasteiger partial charge < -0.3 is 5.32 Å². The molecule has 2 rings (SSSR count). The lowest BCUT2D eigenvalue weighted by molar-refractivity contribution is 0.587. The smallest absolute Gasteiger partial charge is 0.123 e. The van der Waals surface area contributed by atoms with Crippen molar-refractivity contribution in [3.8, 4) is 11.3 Å². The summed E-state index contributed by atoms with van der Waals surface area (Å²) in [5.41, 5.74) is 1.93. The van der Waals surface area contributed by atoms with Crippen molar-refractivity contribution in [2.24, 2.45) is 0 Å². The van der Waals surface area contributed by atoms with E-state index in [0.717, 1.165) is 22.8 Å². The molecule has 1 aromatic heterocycles. The Morgan fingerprint density at radius 3 is 2.56 bits per heavy atom. The summed E-state index contributed by atoms with van der Waals surface area (Å²) in [7, 11) is 0. The molecule has 0 aliphatic rings. The second-order valence-electron chi connectivity index (χ2n) is 4.55. The second-order valence-corrected chi connectivity index (χ2v) is 5.84. The van der Waals surface area contributed by atoms with E-state index in [1.165, 1.54) is 17.0 Å². The molecule has 1 N–H and O–H groups in total. The first kappa shape index (κ1) is 13.2. The Bertz CT molecular complexity index is 517. The van der Waals surface area contributed by atoms with Gasteiger partial charge in [0.05, 0.1) is 5.69 Å². The van der Waals surface area contributed by atoms with Gasteiger partial charge in [-0.3, -0.25) is 0 Å². The van der Waals surface area contributed by atoms with Crippen molar-refractivity contribution in [3.63, 3.8) is 0 Å². The van der Waals surface area contributed by atoms with Gasteiger partial charge in [0.1, 0.15) is 10.8 Å². The molecule has 0 radical (unpaired) electrons. The van der Waals surface area contributed by atoms with Crippen molar-refractivity contribution in [2.75, 3.05) is 0 Å². The third kappa shape index (κ3) is 3.15. The number of halogens is 1. The highest BCUT2D eigenvalue weighted by Crippen LogP contribution is 2.27. The molecule has 96 valence electrons. The van der Waals surface area contributed by atoms with Gasteiger partial charge in [-0.2, -0.15) is 0 Å². The number of aromatic nitrogens is 1. The number of nitrogens with zero attached hydrogens (tertiary/aromatic N) is 1. The van der Waals surface area contributed by atoms with E-state index in [4.69, 9.17) is 0 Å². The zero-order chi connectivity index (χ0) is 13.1. The highest BCUT2D eigenvalue weighted by Gasteiger charge is 2.09. The summed E-state index contributed by atoms with van der Waals surface area (Å²) in [6.45, 7) is 7.06. The van der Waals surface area contributed by atoms with Crippen molar-refractivity contribution in [2.45, 2.75) is 33.4 Å². The molecular formula is C14H17FN2S. The van der Waals surface area contributed by atoms with Crippen LogP contribution in [0.3, 0.4) is 0 Å². The first-order valence-electron chi connectivity index (χ1n) is 6.02. The fourth-order valence-corrected chi connectivity index (χ4v) is 2.60. The molecule has 0 amide bonds. The third-order valence-electron chi connectivity index (χ3n) is 2.62. The number of hydrogen-bond acceptors (Lipinski definition) is 3. The molecule has 1 aromatic carbocycles. The van der Waals surface area contributed by atoms with E-state index in [9.17, 15) is 4.39 Å². The fourth-order valence-electron chi connectivity index (χ4n) is 1.69. The number of rotatable bonds is 4. The van der Waals surface area contributed by atoms with Crippen LogP contribution in [0.15, 0.2) is 24.3 Å². The molecule has 0 aliphatic carbocycles. The maximum absolute atomic E-state index is 12.9. The summed E-state index contributed by atoms with van der Waals surface area (Å²) in [6, 6.07) is 6.94. The van der Waals surface area contributed by atoms with Gasteiger partial charge in [0.15, 0.2) is 0 Å². The van der Waals surface area contributed by atoms with E-state index in [1.54, 1.807) is 23.5 Å². The van der Waals surface area contributed by atoms with Gasteiger partial charge in [-0.1, -0.05) is 13.8 Å². The van der Waals surface area contributed by atoms with E-state index >= 15 is 0 Å². The Labute approximate surface area is 111 Å². The maximum atomic E-state index is 12.9. The quantitative estimate of drug-likeness (QED) is 0.909. The van der Waals surface area contributed by atoms with Crippen LogP contribution in [0.25, 0.3) is 11.3 Å². The van der Waals surface area contributed by atoms with Crippen LogP contribution in [0.5, 0.6) is 0 Å². The van der Waals surface area contributed by atoms with E-state index in [-0.39, 0.29) is 5.82 Å². The van der Waals surface area contributed by atoms with Crippen LogP contribution in [0.1, 0.15) is 23.7 Å². The van der Waals surface area contributed by atoms with Crippen molar-refractivity contribution in [1.29, 1.82) is 0 Å². The number of thiazole rings is 1. The summed E-state index contributed by atoms with van der Waals surface area (Å²) in [6.07, 6.45) is 0. The van der Waals surface area contributed by atoms with Crippen molar-refractivity contribution in [1.82, 2.24) is 10.3 Å². The predicted molar refractivity (Wildman–Crippen MR) is 74.2 cm³/mol. The molecule has 0 fully saturated rings. The second kappa shape index (κ2) is 5.59. The number of hydrogen-bond donors (Lipinski definition) is 1. The van der Waals surface area contributed by atoms with Crippen molar-refractivity contribution < 1.29 is 4.39 Å². The summed E-state index contributed by atoms with van der Waals surface area (Å²) in [5.74, 6) is -0.215. The molecule has 0 spiro atoms. The zero-order valence-corrected chi connectivity index (χ0v) is 11.6. The summed E-state index contributed by atoms with van der Waals surface area (Å²) < 4.78 is 12.9. The minimum absolute atomic E-state index is 0.215. The van der Waals surface area contributed by atoms with Gasteiger partial charge in [-0.25, -0.2) is 9.37 Å². The molecule has 0 atom stereocenters. The first-order chi connectivity index (χ1) is 8.56. The Kier molecular flexibility index (Phi) is 4.09. The van der Waals surface area contributed by atoms with Crippen LogP contribution < -0.4 is 5.32 Å². The van der Waals surface area contributed by atoms with Crippen LogP contribution >= 0.6 is 11.3 Å². The summed E-state index contributed by atoms with van der Waals surface area (Å²) in [4.78, 5) is 5.78. The highest BCUT2D eigenvalue weighted by atomic mass is 32.1. The molecule has 0 saturated carbocycles. The van der Waals surface area contributed by atoms with Crippen LogP contribution in [-0.4, -0.2) is 11.0 Å². The van der Waals surface area contributed by atoms with Gasteiger partial charge >= 0.3 is 0 Å². The topological polar surface area (TPSA) is 24.9 Å². The lowest BCUT2D eigenvalue weighted by atomic mass is 10.1. The largest absolute Gasteiger partial charge is 0.308 e. The van der Waals surface area contributed by atoms with Gasteiger partial charge in [0.25, 0.3) is 0 Å². The number of aryl methyl sites for hydroxylation is 1. The van der Waals surface area contributed by atoms with Crippen molar-refractivity contribution in [3.05, 3.63) is 40.0 Å². The molecule has 0 unspecified atom stereocenters.